The molecule has 0 radical (unpaired) electrons. The zero-order valence-corrected chi connectivity index (χ0v) is 20.7. The van der Waals surface area contributed by atoms with E-state index in [1.54, 1.807) is 30.3 Å². The number of hydrogen-bond acceptors (Lipinski definition) is 4. The first-order valence-electron chi connectivity index (χ1n) is 7.54. The molecule has 2 atom stereocenters. The standard InChI is InChI=1S/C15H12Cl9N3O/c1-2-28-10-5-3-9(4-6-10)7-8-13(16)26(23)11(14(17,18)19)25-12(27(13)24)15(20,21)22/h3-8,11H,2H2,1H3. The SMILES string of the molecule is CCOc1ccc(C=CC2(Cl)N(Cl)C(C(Cl)(Cl)Cl)=NC(C(Cl)(Cl)Cl)N2Cl)cc1. The molecule has 1 aromatic rings. The molecular formula is C15H12Cl9N3O. The van der Waals surface area contributed by atoms with Crippen molar-refractivity contribution in [2.45, 2.75) is 25.8 Å². The minimum Gasteiger partial charge on any atom is -0.494 e. The summed E-state index contributed by atoms with van der Waals surface area (Å²) in [6, 6.07) is 7.19. The van der Waals surface area contributed by atoms with Gasteiger partial charge in [0.25, 0.3) is 0 Å². The van der Waals surface area contributed by atoms with Crippen LogP contribution >= 0.6 is 105 Å². The van der Waals surface area contributed by atoms with Gasteiger partial charge in [-0.25, -0.2) is 9.41 Å². The third-order valence-corrected chi connectivity index (χ3v) is 6.05. The first-order valence-corrected chi connectivity index (χ1v) is 10.9. The summed E-state index contributed by atoms with van der Waals surface area (Å²) in [5, 5.41) is -1.78. The molecule has 1 aliphatic heterocycles. The van der Waals surface area contributed by atoms with Crippen LogP contribution in [0.4, 0.5) is 0 Å². The Labute approximate surface area is 208 Å². The van der Waals surface area contributed by atoms with Crippen LogP contribution in [0.15, 0.2) is 35.3 Å². The van der Waals surface area contributed by atoms with Gasteiger partial charge in [-0.05, 0) is 42.5 Å². The van der Waals surface area contributed by atoms with Crippen LogP contribution in [0.5, 0.6) is 5.75 Å². The van der Waals surface area contributed by atoms with Crippen LogP contribution in [0.3, 0.4) is 0 Å². The maximum Gasteiger partial charge on any atom is 0.248 e. The molecule has 0 aliphatic carbocycles. The second kappa shape index (κ2) is 9.52. The number of aliphatic imine (C=N–C) groups is 1. The Balaban J connectivity index is 2.43. The van der Waals surface area contributed by atoms with Crippen LogP contribution in [0, 0.1) is 0 Å². The van der Waals surface area contributed by atoms with Crippen molar-refractivity contribution in [3.63, 3.8) is 0 Å². The number of benzene rings is 1. The smallest absolute Gasteiger partial charge is 0.248 e. The number of ether oxygens (including phenoxy) is 1. The van der Waals surface area contributed by atoms with Gasteiger partial charge >= 0.3 is 0 Å². The minimum atomic E-state index is -2.05. The van der Waals surface area contributed by atoms with E-state index < -0.39 is 18.9 Å². The second-order valence-corrected chi connectivity index (χ2v) is 11.3. The first-order chi connectivity index (χ1) is 12.8. The Morgan fingerprint density at radius 2 is 1.68 bits per heavy atom. The molecule has 0 spiro atoms. The van der Waals surface area contributed by atoms with Crippen molar-refractivity contribution < 1.29 is 4.74 Å². The van der Waals surface area contributed by atoms with E-state index in [2.05, 4.69) is 4.99 Å². The molecule has 1 aliphatic rings. The average Bonchev–Trinajstić information content (AvgIpc) is 2.57. The van der Waals surface area contributed by atoms with Crippen molar-refractivity contribution in [2.24, 2.45) is 4.99 Å². The number of amidine groups is 1. The van der Waals surface area contributed by atoms with Crippen molar-refractivity contribution in [3.8, 4) is 5.75 Å². The van der Waals surface area contributed by atoms with Crippen LogP contribution < -0.4 is 4.74 Å². The highest BCUT2D eigenvalue weighted by atomic mass is 35.6. The Kier molecular flexibility index (Phi) is 8.52. The lowest BCUT2D eigenvalue weighted by Crippen LogP contribution is -2.62. The molecule has 0 amide bonds. The molecule has 0 saturated heterocycles. The van der Waals surface area contributed by atoms with E-state index in [9.17, 15) is 0 Å². The Bertz CT molecular complexity index is 745. The van der Waals surface area contributed by atoms with E-state index in [0.29, 0.717) is 6.61 Å². The van der Waals surface area contributed by atoms with Crippen LogP contribution in [-0.4, -0.2) is 40.2 Å². The van der Waals surface area contributed by atoms with E-state index in [0.717, 1.165) is 20.2 Å². The largest absolute Gasteiger partial charge is 0.494 e. The first kappa shape index (κ1) is 25.1. The maximum absolute atomic E-state index is 6.65. The molecule has 13 heteroatoms. The molecular weight excluding hydrogens is 557 g/mol. The topological polar surface area (TPSA) is 28.1 Å². The Morgan fingerprint density at radius 1 is 1.11 bits per heavy atom. The van der Waals surface area contributed by atoms with Crippen LogP contribution in [0.1, 0.15) is 12.5 Å². The lowest BCUT2D eigenvalue weighted by atomic mass is 10.2. The van der Waals surface area contributed by atoms with E-state index >= 15 is 0 Å². The molecule has 28 heavy (non-hydrogen) atoms. The average molecular weight is 569 g/mol. The minimum absolute atomic E-state index is 0.265. The van der Waals surface area contributed by atoms with Gasteiger partial charge in [-0.2, -0.15) is 0 Å². The van der Waals surface area contributed by atoms with Gasteiger partial charge in [0.15, 0.2) is 12.0 Å². The van der Waals surface area contributed by atoms with Gasteiger partial charge < -0.3 is 4.74 Å². The van der Waals surface area contributed by atoms with Crippen molar-refractivity contribution in [1.82, 2.24) is 8.84 Å². The van der Waals surface area contributed by atoms with Crippen molar-refractivity contribution in [2.75, 3.05) is 6.61 Å². The fraction of sp³-hybridized carbons (Fsp3) is 0.400. The highest BCUT2D eigenvalue weighted by Gasteiger charge is 2.56. The Morgan fingerprint density at radius 3 is 2.14 bits per heavy atom. The number of nitrogens with zero attached hydrogens (tertiary/aromatic N) is 3. The Hall–Kier alpha value is 0.800. The van der Waals surface area contributed by atoms with Gasteiger partial charge in [0.05, 0.1) is 6.61 Å². The van der Waals surface area contributed by atoms with Crippen molar-refractivity contribution in [1.29, 1.82) is 0 Å². The number of rotatable bonds is 4. The van der Waals surface area contributed by atoms with Crippen molar-refractivity contribution >= 4 is 117 Å². The summed E-state index contributed by atoms with van der Waals surface area (Å²) in [5.74, 6) is 0.455. The third-order valence-electron chi connectivity index (χ3n) is 3.45. The van der Waals surface area contributed by atoms with Crippen molar-refractivity contribution in [3.05, 3.63) is 35.9 Å². The molecule has 156 valence electrons. The summed E-state index contributed by atoms with van der Waals surface area (Å²) in [4.78, 5) is 4.05. The number of halogens is 9. The molecule has 2 rings (SSSR count). The molecule has 1 heterocycles. The van der Waals surface area contributed by atoms with Gasteiger partial charge in [0, 0.05) is 11.8 Å². The van der Waals surface area contributed by atoms with Gasteiger partial charge in [-0.15, -0.1) is 4.42 Å². The fourth-order valence-electron chi connectivity index (χ4n) is 2.19. The highest BCUT2D eigenvalue weighted by Crippen LogP contribution is 2.48. The van der Waals surface area contributed by atoms with E-state index in [1.165, 1.54) is 6.08 Å². The molecule has 0 saturated carbocycles. The quantitative estimate of drug-likeness (QED) is 0.215. The summed E-state index contributed by atoms with van der Waals surface area (Å²) in [7, 11) is 0. The summed E-state index contributed by atoms with van der Waals surface area (Å²) in [6.45, 7) is 2.45. The van der Waals surface area contributed by atoms with E-state index in [-0.39, 0.29) is 5.84 Å². The van der Waals surface area contributed by atoms with E-state index in [1.807, 2.05) is 6.92 Å². The zero-order chi connectivity index (χ0) is 21.3. The van der Waals surface area contributed by atoms with Gasteiger partial charge in [-0.3, -0.25) is 0 Å². The predicted molar refractivity (Wildman–Crippen MR) is 122 cm³/mol. The predicted octanol–water partition coefficient (Wildman–Crippen LogP) is 7.38. The molecule has 0 fully saturated rings. The second-order valence-electron chi connectivity index (χ2n) is 5.43. The zero-order valence-electron chi connectivity index (χ0n) is 13.9. The highest BCUT2D eigenvalue weighted by molar-refractivity contribution is 6.77. The molecule has 4 nitrogen and oxygen atoms in total. The summed E-state index contributed by atoms with van der Waals surface area (Å²) in [5.41, 5.74) is 0.766. The third kappa shape index (κ3) is 5.73. The fourth-order valence-corrected chi connectivity index (χ4v) is 4.21. The molecule has 0 N–H and O–H groups in total. The lowest BCUT2D eigenvalue weighted by Gasteiger charge is -2.47. The molecule has 0 aromatic heterocycles. The summed E-state index contributed by atoms with van der Waals surface area (Å²) in [6.07, 6.45) is 1.78. The molecule has 1 aromatic carbocycles. The number of alkyl halides is 7. The normalized spacial score (nSPS) is 24.6. The summed E-state index contributed by atoms with van der Waals surface area (Å²) >= 11 is 55.1. The molecule has 0 bridgehead atoms. The van der Waals surface area contributed by atoms with Crippen LogP contribution in [0.25, 0.3) is 6.08 Å². The van der Waals surface area contributed by atoms with Gasteiger partial charge in [-0.1, -0.05) is 99.4 Å². The van der Waals surface area contributed by atoms with Crippen LogP contribution in [-0.2, 0) is 0 Å². The van der Waals surface area contributed by atoms with Crippen LogP contribution in [0.2, 0.25) is 0 Å². The van der Waals surface area contributed by atoms with E-state index in [4.69, 9.17) is 109 Å². The maximum atomic E-state index is 6.65. The lowest BCUT2D eigenvalue weighted by molar-refractivity contribution is 0.178. The monoisotopic (exact) mass is 565 g/mol. The van der Waals surface area contributed by atoms with Gasteiger partial charge in [0.1, 0.15) is 5.75 Å². The molecule has 2 unspecified atom stereocenters. The van der Waals surface area contributed by atoms with Gasteiger partial charge in [0.2, 0.25) is 12.7 Å². The summed E-state index contributed by atoms with van der Waals surface area (Å²) < 4.78 is 3.12. The number of hydrogen-bond donors (Lipinski definition) is 0.